The Morgan fingerprint density at radius 3 is 2.72 bits per heavy atom. The van der Waals surface area contributed by atoms with E-state index >= 15 is 0 Å². The van der Waals surface area contributed by atoms with Crippen molar-refractivity contribution in [3.05, 3.63) is 64.5 Å². The van der Waals surface area contributed by atoms with Gasteiger partial charge in [0.1, 0.15) is 6.54 Å². The Morgan fingerprint density at radius 2 is 2.00 bits per heavy atom. The first-order valence-corrected chi connectivity index (χ1v) is 7.10. The summed E-state index contributed by atoms with van der Waals surface area (Å²) in [5.74, 6) is -1.14. The summed E-state index contributed by atoms with van der Waals surface area (Å²) in [5, 5.41) is 24.9. The molecule has 0 saturated carbocycles. The molecule has 0 radical (unpaired) electrons. The number of benzene rings is 2. The second-order valence-electron chi connectivity index (χ2n) is 4.98. The van der Waals surface area contributed by atoms with Crippen LogP contribution >= 0.6 is 0 Å². The molecule has 0 aliphatic carbocycles. The maximum Gasteiger partial charge on any atom is 0.306 e. The van der Waals surface area contributed by atoms with Crippen molar-refractivity contribution in [1.29, 1.82) is 0 Å². The number of nitro groups is 1. The van der Waals surface area contributed by atoms with Crippen LogP contribution in [0.4, 0.5) is 15.8 Å². The Hall–Kier alpha value is -3.69. The number of amides is 1. The zero-order valence-electron chi connectivity index (χ0n) is 12.7. The van der Waals surface area contributed by atoms with Gasteiger partial charge in [0, 0.05) is 17.3 Å². The van der Waals surface area contributed by atoms with E-state index in [2.05, 4.69) is 20.7 Å². The Bertz CT molecular complexity index is 928. The summed E-state index contributed by atoms with van der Waals surface area (Å²) in [4.78, 5) is 22.9. The van der Waals surface area contributed by atoms with Crippen molar-refractivity contribution in [2.75, 3.05) is 5.32 Å². The molecule has 2 aromatic carbocycles. The number of halogens is 1. The van der Waals surface area contributed by atoms with E-state index in [9.17, 15) is 19.3 Å². The molecule has 10 heteroatoms. The quantitative estimate of drug-likeness (QED) is 0.560. The molecule has 126 valence electrons. The van der Waals surface area contributed by atoms with E-state index in [0.29, 0.717) is 5.82 Å². The highest BCUT2D eigenvalue weighted by Crippen LogP contribution is 2.21. The molecule has 0 saturated heterocycles. The molecule has 0 spiro atoms. The molecule has 25 heavy (non-hydrogen) atoms. The van der Waals surface area contributed by atoms with Gasteiger partial charge in [-0.15, -0.1) is 10.2 Å². The van der Waals surface area contributed by atoms with Gasteiger partial charge < -0.3 is 5.32 Å². The van der Waals surface area contributed by atoms with Gasteiger partial charge in [0.15, 0.2) is 0 Å². The number of nitrogens with zero attached hydrogens (tertiary/aromatic N) is 5. The predicted octanol–water partition coefficient (Wildman–Crippen LogP) is 2.03. The van der Waals surface area contributed by atoms with Crippen molar-refractivity contribution in [3.8, 4) is 11.4 Å². The van der Waals surface area contributed by atoms with Gasteiger partial charge in [0.05, 0.1) is 4.92 Å². The molecule has 0 bridgehead atoms. The van der Waals surface area contributed by atoms with Crippen LogP contribution in [0.3, 0.4) is 0 Å². The third-order valence-corrected chi connectivity index (χ3v) is 3.20. The van der Waals surface area contributed by atoms with Crippen molar-refractivity contribution >= 4 is 17.3 Å². The minimum Gasteiger partial charge on any atom is -0.324 e. The van der Waals surface area contributed by atoms with E-state index < -0.39 is 22.3 Å². The lowest BCUT2D eigenvalue weighted by Crippen LogP contribution is -2.20. The topological polar surface area (TPSA) is 116 Å². The molecule has 0 aliphatic rings. The van der Waals surface area contributed by atoms with Crippen molar-refractivity contribution < 1.29 is 14.1 Å². The normalized spacial score (nSPS) is 10.4. The number of rotatable bonds is 5. The monoisotopic (exact) mass is 342 g/mol. The number of carbonyl (C=O) groups excluding carboxylic acids is 1. The Labute approximate surface area is 140 Å². The summed E-state index contributed by atoms with van der Waals surface area (Å²) >= 11 is 0. The summed E-state index contributed by atoms with van der Waals surface area (Å²) in [5.41, 5.74) is 0.132. The summed E-state index contributed by atoms with van der Waals surface area (Å²) < 4.78 is 13.3. The summed E-state index contributed by atoms with van der Waals surface area (Å²) in [6.45, 7) is -0.245. The van der Waals surface area contributed by atoms with E-state index in [0.717, 1.165) is 22.5 Å². The van der Waals surface area contributed by atoms with E-state index in [1.807, 2.05) is 18.2 Å². The van der Waals surface area contributed by atoms with Crippen LogP contribution in [0.25, 0.3) is 11.4 Å². The van der Waals surface area contributed by atoms with Crippen LogP contribution in [0.1, 0.15) is 0 Å². The molecule has 1 heterocycles. The maximum absolute atomic E-state index is 13.3. The molecule has 3 rings (SSSR count). The van der Waals surface area contributed by atoms with Crippen LogP contribution in [0, 0.1) is 15.9 Å². The first-order valence-electron chi connectivity index (χ1n) is 7.10. The van der Waals surface area contributed by atoms with E-state index in [4.69, 9.17) is 0 Å². The van der Waals surface area contributed by atoms with E-state index in [1.165, 1.54) is 6.07 Å². The van der Waals surface area contributed by atoms with Gasteiger partial charge in [-0.3, -0.25) is 14.9 Å². The van der Waals surface area contributed by atoms with Gasteiger partial charge >= 0.3 is 5.69 Å². The van der Waals surface area contributed by atoms with Gasteiger partial charge in [0.2, 0.25) is 17.5 Å². The van der Waals surface area contributed by atoms with Crippen LogP contribution in [0.2, 0.25) is 0 Å². The SMILES string of the molecule is O=C(Cn1nnc(-c2ccccc2)n1)Nc1ccc(F)c([N+](=O)[O-])c1. The van der Waals surface area contributed by atoms with Gasteiger partial charge in [-0.05, 0) is 17.3 Å². The van der Waals surface area contributed by atoms with Crippen LogP contribution in [-0.4, -0.2) is 31.0 Å². The average Bonchev–Trinajstić information content (AvgIpc) is 3.05. The fraction of sp³-hybridized carbons (Fsp3) is 0.0667. The van der Waals surface area contributed by atoms with Gasteiger partial charge in [-0.2, -0.15) is 9.19 Å². The van der Waals surface area contributed by atoms with E-state index in [1.54, 1.807) is 12.1 Å². The fourth-order valence-electron chi connectivity index (χ4n) is 2.07. The highest BCUT2D eigenvalue weighted by molar-refractivity contribution is 5.90. The summed E-state index contributed by atoms with van der Waals surface area (Å²) in [7, 11) is 0. The first-order chi connectivity index (χ1) is 12.0. The molecule has 9 nitrogen and oxygen atoms in total. The zero-order valence-corrected chi connectivity index (χ0v) is 12.7. The maximum atomic E-state index is 13.3. The molecule has 1 N–H and O–H groups in total. The number of aromatic nitrogens is 4. The molecule has 0 fully saturated rings. The number of carbonyl (C=O) groups is 1. The third-order valence-electron chi connectivity index (χ3n) is 3.20. The minimum atomic E-state index is -0.978. The standard InChI is InChI=1S/C15H11FN6O3/c16-12-7-6-11(8-13(12)22(24)25)17-14(23)9-21-19-15(18-20-21)10-4-2-1-3-5-10/h1-8H,9H2,(H,17,23). The predicted molar refractivity (Wildman–Crippen MR) is 84.9 cm³/mol. The molecule has 3 aromatic rings. The first kappa shape index (κ1) is 16.2. The van der Waals surface area contributed by atoms with E-state index in [-0.39, 0.29) is 12.2 Å². The van der Waals surface area contributed by atoms with Crippen LogP contribution in [0.15, 0.2) is 48.5 Å². The van der Waals surface area contributed by atoms with Crippen molar-refractivity contribution in [3.63, 3.8) is 0 Å². The van der Waals surface area contributed by atoms with Crippen LogP contribution < -0.4 is 5.32 Å². The molecule has 0 atom stereocenters. The lowest BCUT2D eigenvalue weighted by molar-refractivity contribution is -0.387. The third kappa shape index (κ3) is 3.80. The molecular weight excluding hydrogens is 331 g/mol. The molecule has 1 amide bonds. The fourth-order valence-corrected chi connectivity index (χ4v) is 2.07. The highest BCUT2D eigenvalue weighted by atomic mass is 19.1. The Morgan fingerprint density at radius 1 is 1.24 bits per heavy atom. The average molecular weight is 342 g/mol. The van der Waals surface area contributed by atoms with Gasteiger partial charge in [-0.25, -0.2) is 0 Å². The molecule has 0 aliphatic heterocycles. The number of hydrogen-bond donors (Lipinski definition) is 1. The van der Waals surface area contributed by atoms with Gasteiger partial charge in [0.25, 0.3) is 0 Å². The lowest BCUT2D eigenvalue weighted by atomic mass is 10.2. The number of hydrogen-bond acceptors (Lipinski definition) is 6. The van der Waals surface area contributed by atoms with Crippen molar-refractivity contribution in [2.45, 2.75) is 6.54 Å². The molecular formula is C15H11FN6O3. The van der Waals surface area contributed by atoms with Crippen molar-refractivity contribution in [2.24, 2.45) is 0 Å². The lowest BCUT2D eigenvalue weighted by Gasteiger charge is -2.04. The largest absolute Gasteiger partial charge is 0.324 e. The second-order valence-corrected chi connectivity index (χ2v) is 4.98. The highest BCUT2D eigenvalue weighted by Gasteiger charge is 2.16. The summed E-state index contributed by atoms with van der Waals surface area (Å²) in [6, 6.07) is 12.2. The number of anilines is 1. The van der Waals surface area contributed by atoms with Crippen molar-refractivity contribution in [1.82, 2.24) is 20.2 Å². The number of tetrazole rings is 1. The summed E-state index contributed by atoms with van der Waals surface area (Å²) in [6.07, 6.45) is 0. The smallest absolute Gasteiger partial charge is 0.306 e. The Kier molecular flexibility index (Phi) is 4.42. The van der Waals surface area contributed by atoms with Gasteiger partial charge in [-0.1, -0.05) is 30.3 Å². The minimum absolute atomic E-state index is 0.0986. The second kappa shape index (κ2) is 6.83. The molecule has 1 aromatic heterocycles. The van der Waals surface area contributed by atoms with Crippen LogP contribution in [0.5, 0.6) is 0 Å². The number of nitrogens with one attached hydrogen (secondary N) is 1. The molecule has 0 unspecified atom stereocenters. The number of nitro benzene ring substituents is 1. The zero-order chi connectivity index (χ0) is 17.8. The Balaban J connectivity index is 1.68. The van der Waals surface area contributed by atoms with Crippen LogP contribution in [-0.2, 0) is 11.3 Å².